The molecule has 22 heavy (non-hydrogen) atoms. The zero-order valence-corrected chi connectivity index (χ0v) is 13.3. The second-order valence-corrected chi connectivity index (χ2v) is 7.86. The summed E-state index contributed by atoms with van der Waals surface area (Å²) in [5.41, 5.74) is 1.48. The first-order chi connectivity index (χ1) is 10.3. The molecule has 0 aromatic heterocycles. The number of hydrogen-bond donors (Lipinski definition) is 1. The van der Waals surface area contributed by atoms with Crippen molar-refractivity contribution in [2.75, 3.05) is 4.72 Å². The molecule has 0 aliphatic heterocycles. The highest BCUT2D eigenvalue weighted by Crippen LogP contribution is 2.37. The summed E-state index contributed by atoms with van der Waals surface area (Å²) in [5.74, 6) is 0.0717. The lowest BCUT2D eigenvalue weighted by Gasteiger charge is -2.13. The van der Waals surface area contributed by atoms with E-state index in [2.05, 4.69) is 4.72 Å². The number of sulfonamides is 1. The van der Waals surface area contributed by atoms with Gasteiger partial charge in [0.05, 0.1) is 4.90 Å². The molecule has 114 valence electrons. The van der Waals surface area contributed by atoms with E-state index >= 15 is 0 Å². The van der Waals surface area contributed by atoms with Gasteiger partial charge >= 0.3 is 0 Å². The molecule has 0 radical (unpaired) electrons. The summed E-state index contributed by atoms with van der Waals surface area (Å²) in [6.45, 7) is 3.76. The molecule has 5 heteroatoms. The molecule has 1 aliphatic carbocycles. The van der Waals surface area contributed by atoms with Crippen LogP contribution in [0.4, 0.5) is 5.69 Å². The fourth-order valence-electron chi connectivity index (χ4n) is 2.75. The summed E-state index contributed by atoms with van der Waals surface area (Å²) in [6, 6.07) is 13.4. The molecule has 1 aliphatic rings. The smallest absolute Gasteiger partial charge is 0.261 e. The van der Waals surface area contributed by atoms with Gasteiger partial charge in [0.1, 0.15) is 0 Å². The lowest BCUT2D eigenvalue weighted by atomic mass is 9.89. The van der Waals surface area contributed by atoms with E-state index in [1.54, 1.807) is 36.4 Å². The predicted molar refractivity (Wildman–Crippen MR) is 85.5 cm³/mol. The highest BCUT2D eigenvalue weighted by atomic mass is 32.2. The van der Waals surface area contributed by atoms with E-state index in [1.165, 1.54) is 6.07 Å². The van der Waals surface area contributed by atoms with E-state index < -0.39 is 15.4 Å². The van der Waals surface area contributed by atoms with Crippen molar-refractivity contribution in [3.05, 3.63) is 59.7 Å². The molecule has 4 nitrogen and oxygen atoms in total. The maximum absolute atomic E-state index is 12.4. The molecule has 2 aromatic carbocycles. The Kier molecular flexibility index (Phi) is 3.33. The first kappa shape index (κ1) is 14.8. The van der Waals surface area contributed by atoms with Crippen LogP contribution in [0.2, 0.25) is 0 Å². The average molecular weight is 315 g/mol. The molecule has 0 unspecified atom stereocenters. The zero-order chi connectivity index (χ0) is 16.0. The van der Waals surface area contributed by atoms with Gasteiger partial charge in [0.25, 0.3) is 10.0 Å². The van der Waals surface area contributed by atoms with Gasteiger partial charge in [-0.25, -0.2) is 8.42 Å². The highest BCUT2D eigenvalue weighted by Gasteiger charge is 2.37. The number of benzene rings is 2. The molecule has 0 saturated heterocycles. The Labute approximate surface area is 130 Å². The topological polar surface area (TPSA) is 63.2 Å². The van der Waals surface area contributed by atoms with E-state index in [0.29, 0.717) is 17.7 Å². The number of ketones is 1. The molecule has 0 bridgehead atoms. The van der Waals surface area contributed by atoms with Crippen molar-refractivity contribution >= 4 is 21.5 Å². The first-order valence-corrected chi connectivity index (χ1v) is 8.53. The van der Waals surface area contributed by atoms with Crippen molar-refractivity contribution in [3.63, 3.8) is 0 Å². The van der Waals surface area contributed by atoms with Crippen molar-refractivity contribution in [2.24, 2.45) is 5.41 Å². The number of carbonyl (C=O) groups is 1. The van der Waals surface area contributed by atoms with Crippen LogP contribution in [0.15, 0.2) is 53.4 Å². The van der Waals surface area contributed by atoms with Crippen LogP contribution in [0.3, 0.4) is 0 Å². The largest absolute Gasteiger partial charge is 0.294 e. The van der Waals surface area contributed by atoms with Crippen LogP contribution in [-0.4, -0.2) is 14.2 Å². The van der Waals surface area contributed by atoms with Crippen LogP contribution in [0.5, 0.6) is 0 Å². The van der Waals surface area contributed by atoms with E-state index in [9.17, 15) is 13.2 Å². The second-order valence-electron chi connectivity index (χ2n) is 6.18. The van der Waals surface area contributed by atoms with Crippen LogP contribution in [0, 0.1) is 5.41 Å². The highest BCUT2D eigenvalue weighted by molar-refractivity contribution is 7.92. The molecule has 3 rings (SSSR count). The summed E-state index contributed by atoms with van der Waals surface area (Å²) < 4.78 is 27.4. The third-order valence-corrected chi connectivity index (χ3v) is 5.28. The monoisotopic (exact) mass is 315 g/mol. The van der Waals surface area contributed by atoms with E-state index in [1.807, 2.05) is 19.9 Å². The number of anilines is 1. The molecule has 0 fully saturated rings. The van der Waals surface area contributed by atoms with Crippen molar-refractivity contribution in [3.8, 4) is 0 Å². The van der Waals surface area contributed by atoms with Crippen LogP contribution in [0.25, 0.3) is 0 Å². The van der Waals surface area contributed by atoms with E-state index in [0.717, 1.165) is 5.56 Å². The number of carbonyl (C=O) groups excluding carboxylic acids is 1. The van der Waals surface area contributed by atoms with Gasteiger partial charge in [0.2, 0.25) is 0 Å². The summed E-state index contributed by atoms with van der Waals surface area (Å²) in [7, 11) is -3.65. The van der Waals surface area contributed by atoms with Gasteiger partial charge in [-0.3, -0.25) is 9.52 Å². The number of Topliss-reactive ketones (excluding diaryl/α,β-unsaturated/α-hetero) is 1. The number of para-hydroxylation sites is 1. The number of rotatable bonds is 3. The molecule has 0 atom stereocenters. The number of fused-ring (bicyclic) bond motifs is 1. The molecule has 0 amide bonds. The zero-order valence-electron chi connectivity index (χ0n) is 12.5. The number of hydrogen-bond acceptors (Lipinski definition) is 3. The fourth-order valence-corrected chi connectivity index (χ4v) is 3.86. The van der Waals surface area contributed by atoms with Gasteiger partial charge in [-0.1, -0.05) is 32.0 Å². The van der Waals surface area contributed by atoms with Crippen LogP contribution in [0.1, 0.15) is 29.8 Å². The van der Waals surface area contributed by atoms with Crippen molar-refractivity contribution in [1.82, 2.24) is 0 Å². The summed E-state index contributed by atoms with van der Waals surface area (Å²) in [4.78, 5) is 12.4. The summed E-state index contributed by atoms with van der Waals surface area (Å²) >= 11 is 0. The third-order valence-electron chi connectivity index (χ3n) is 3.90. The Morgan fingerprint density at radius 3 is 2.41 bits per heavy atom. The van der Waals surface area contributed by atoms with Crippen LogP contribution < -0.4 is 4.72 Å². The lowest BCUT2D eigenvalue weighted by Crippen LogP contribution is -2.18. The van der Waals surface area contributed by atoms with Crippen molar-refractivity contribution in [2.45, 2.75) is 25.2 Å². The first-order valence-electron chi connectivity index (χ1n) is 7.05. The quantitative estimate of drug-likeness (QED) is 0.945. The minimum absolute atomic E-state index is 0.0717. The minimum atomic E-state index is -3.65. The van der Waals surface area contributed by atoms with Gasteiger partial charge in [0, 0.05) is 16.7 Å². The molecule has 0 heterocycles. The normalized spacial score (nSPS) is 16.4. The average Bonchev–Trinajstić information content (AvgIpc) is 2.69. The van der Waals surface area contributed by atoms with Crippen molar-refractivity contribution in [1.29, 1.82) is 0 Å². The number of nitrogens with one attached hydrogen (secondary N) is 1. The molecule has 2 aromatic rings. The second kappa shape index (κ2) is 4.95. The van der Waals surface area contributed by atoms with E-state index in [4.69, 9.17) is 0 Å². The molecular weight excluding hydrogens is 298 g/mol. The fraction of sp³-hybridized carbons (Fsp3) is 0.235. The van der Waals surface area contributed by atoms with E-state index in [-0.39, 0.29) is 10.7 Å². The summed E-state index contributed by atoms with van der Waals surface area (Å²) in [6.07, 6.45) is 0.565. The Morgan fingerprint density at radius 1 is 1.05 bits per heavy atom. The third kappa shape index (κ3) is 2.52. The Hall–Kier alpha value is -2.14. The minimum Gasteiger partial charge on any atom is -0.294 e. The molecular formula is C17H17NO3S. The van der Waals surface area contributed by atoms with Crippen molar-refractivity contribution < 1.29 is 13.2 Å². The predicted octanol–water partition coefficient (Wildman–Crippen LogP) is 3.25. The Morgan fingerprint density at radius 2 is 1.73 bits per heavy atom. The lowest BCUT2D eigenvalue weighted by molar-refractivity contribution is 0.0863. The van der Waals surface area contributed by atoms with Gasteiger partial charge in [-0.15, -0.1) is 0 Å². The Balaban J connectivity index is 1.96. The van der Waals surface area contributed by atoms with Gasteiger partial charge in [-0.05, 0) is 42.3 Å². The molecule has 0 saturated carbocycles. The maximum Gasteiger partial charge on any atom is 0.261 e. The van der Waals surface area contributed by atoms with Crippen LogP contribution >= 0.6 is 0 Å². The van der Waals surface area contributed by atoms with Crippen LogP contribution in [-0.2, 0) is 16.4 Å². The molecule has 1 N–H and O–H groups in total. The maximum atomic E-state index is 12.4. The van der Waals surface area contributed by atoms with Gasteiger partial charge in [0.15, 0.2) is 5.78 Å². The van der Waals surface area contributed by atoms with Gasteiger partial charge < -0.3 is 0 Å². The Bertz CT molecular complexity index is 839. The summed E-state index contributed by atoms with van der Waals surface area (Å²) in [5, 5.41) is 0. The van der Waals surface area contributed by atoms with Gasteiger partial charge in [-0.2, -0.15) is 0 Å². The molecule has 0 spiro atoms. The SMILES string of the molecule is CC1(C)Cc2cc(S(=O)(=O)Nc3ccccc3)ccc2C1=O. The standard InChI is InChI=1S/C17H17NO3S/c1-17(2)11-12-10-14(8-9-15(12)16(17)19)22(20,21)18-13-6-4-3-5-7-13/h3-10,18H,11H2,1-2H3.